The third-order valence-corrected chi connectivity index (χ3v) is 4.53. The van der Waals surface area contributed by atoms with E-state index in [1.807, 2.05) is 6.07 Å². The van der Waals surface area contributed by atoms with Gasteiger partial charge in [-0.05, 0) is 42.8 Å². The zero-order valence-corrected chi connectivity index (χ0v) is 14.2. The van der Waals surface area contributed by atoms with Crippen LogP contribution >= 0.6 is 15.9 Å². The van der Waals surface area contributed by atoms with Crippen molar-refractivity contribution in [3.8, 4) is 0 Å². The highest BCUT2D eigenvalue weighted by Gasteiger charge is 2.14. The fraction of sp³-hybridized carbons (Fsp3) is 0.133. The number of nitrogens with one attached hydrogen (secondary N) is 1. The second kappa shape index (κ2) is 6.60. The molecule has 0 radical (unpaired) electrons. The minimum absolute atomic E-state index is 0.0218. The molecule has 2 aromatic rings. The number of carbonyl (C=O) groups is 1. The van der Waals surface area contributed by atoms with E-state index >= 15 is 0 Å². The van der Waals surface area contributed by atoms with Crippen LogP contribution in [-0.2, 0) is 10.0 Å². The molecule has 0 saturated heterocycles. The summed E-state index contributed by atoms with van der Waals surface area (Å²) in [7, 11) is -3.76. The standard InChI is InChI=1S/C15H15BrN2O3S/c1-10(11-4-3-7-14(9-11)22(17,20)21)18-15(19)12-5-2-6-13(16)8-12/h2-10H,1H3,(H,18,19)(H2,17,20,21). The number of rotatable bonds is 4. The van der Waals surface area contributed by atoms with Crippen molar-refractivity contribution in [1.82, 2.24) is 5.32 Å². The third-order valence-electron chi connectivity index (χ3n) is 3.12. The van der Waals surface area contributed by atoms with Gasteiger partial charge in [0, 0.05) is 10.0 Å². The summed E-state index contributed by atoms with van der Waals surface area (Å²) in [5, 5.41) is 7.94. The number of carbonyl (C=O) groups excluding carboxylic acids is 1. The first-order chi connectivity index (χ1) is 10.3. The van der Waals surface area contributed by atoms with Crippen molar-refractivity contribution >= 4 is 31.9 Å². The van der Waals surface area contributed by atoms with Crippen molar-refractivity contribution in [3.05, 3.63) is 64.1 Å². The van der Waals surface area contributed by atoms with Crippen molar-refractivity contribution in [2.75, 3.05) is 0 Å². The van der Waals surface area contributed by atoms with Crippen LogP contribution in [0, 0.1) is 0 Å². The molecule has 0 saturated carbocycles. The van der Waals surface area contributed by atoms with Gasteiger partial charge in [0.2, 0.25) is 10.0 Å². The fourth-order valence-corrected chi connectivity index (χ4v) is 2.92. The predicted octanol–water partition coefficient (Wildman–Crippen LogP) is 2.59. The minimum atomic E-state index is -3.76. The molecule has 0 aliphatic heterocycles. The van der Waals surface area contributed by atoms with Crippen molar-refractivity contribution < 1.29 is 13.2 Å². The van der Waals surface area contributed by atoms with Crippen LogP contribution in [0.1, 0.15) is 28.9 Å². The highest BCUT2D eigenvalue weighted by Crippen LogP contribution is 2.18. The molecule has 1 unspecified atom stereocenters. The highest BCUT2D eigenvalue weighted by atomic mass is 79.9. The molecule has 3 N–H and O–H groups in total. The van der Waals surface area contributed by atoms with Gasteiger partial charge in [-0.2, -0.15) is 0 Å². The third kappa shape index (κ3) is 4.16. The highest BCUT2D eigenvalue weighted by molar-refractivity contribution is 9.10. The molecule has 116 valence electrons. The van der Waals surface area contributed by atoms with E-state index in [1.165, 1.54) is 12.1 Å². The fourth-order valence-electron chi connectivity index (χ4n) is 1.95. The molecule has 0 aromatic heterocycles. The lowest BCUT2D eigenvalue weighted by molar-refractivity contribution is 0.0940. The SMILES string of the molecule is CC(NC(=O)c1cccc(Br)c1)c1cccc(S(N)(=O)=O)c1. The Morgan fingerprint density at radius 2 is 1.86 bits per heavy atom. The normalized spacial score (nSPS) is 12.7. The Hall–Kier alpha value is -1.70. The van der Waals surface area contributed by atoms with Crippen LogP contribution < -0.4 is 10.5 Å². The Bertz CT molecular complexity index is 806. The molecule has 0 bridgehead atoms. The second-order valence-corrected chi connectivity index (χ2v) is 7.30. The second-order valence-electron chi connectivity index (χ2n) is 4.82. The number of nitrogens with two attached hydrogens (primary N) is 1. The van der Waals surface area contributed by atoms with Crippen LogP contribution in [0.3, 0.4) is 0 Å². The number of hydrogen-bond donors (Lipinski definition) is 2. The van der Waals surface area contributed by atoms with Crippen molar-refractivity contribution in [2.45, 2.75) is 17.9 Å². The summed E-state index contributed by atoms with van der Waals surface area (Å²) < 4.78 is 23.6. The van der Waals surface area contributed by atoms with Gasteiger partial charge in [0.1, 0.15) is 0 Å². The van der Waals surface area contributed by atoms with Crippen molar-refractivity contribution in [3.63, 3.8) is 0 Å². The molecule has 2 aromatic carbocycles. The number of amides is 1. The first kappa shape index (κ1) is 16.7. The summed E-state index contributed by atoms with van der Waals surface area (Å²) in [6.07, 6.45) is 0. The Morgan fingerprint density at radius 3 is 2.50 bits per heavy atom. The molecular weight excluding hydrogens is 368 g/mol. The predicted molar refractivity (Wildman–Crippen MR) is 87.8 cm³/mol. The van der Waals surface area contributed by atoms with E-state index in [1.54, 1.807) is 37.3 Å². The molecule has 0 heterocycles. The smallest absolute Gasteiger partial charge is 0.251 e. The zero-order valence-electron chi connectivity index (χ0n) is 11.8. The van der Waals surface area contributed by atoms with Crippen LogP contribution in [0.25, 0.3) is 0 Å². The lowest BCUT2D eigenvalue weighted by atomic mass is 10.1. The van der Waals surface area contributed by atoms with E-state index in [9.17, 15) is 13.2 Å². The van der Waals surface area contributed by atoms with Crippen LogP contribution in [-0.4, -0.2) is 14.3 Å². The molecule has 22 heavy (non-hydrogen) atoms. The van der Waals surface area contributed by atoms with Crippen molar-refractivity contribution in [2.24, 2.45) is 5.14 Å². The van der Waals surface area contributed by atoms with Crippen LogP contribution in [0.2, 0.25) is 0 Å². The van der Waals surface area contributed by atoms with Gasteiger partial charge in [-0.3, -0.25) is 4.79 Å². The average molecular weight is 383 g/mol. The van der Waals surface area contributed by atoms with Crippen molar-refractivity contribution in [1.29, 1.82) is 0 Å². The molecule has 0 fully saturated rings. The number of primary sulfonamides is 1. The molecular formula is C15H15BrN2O3S. The summed E-state index contributed by atoms with van der Waals surface area (Å²) in [6, 6.07) is 12.9. The Balaban J connectivity index is 2.19. The molecule has 1 atom stereocenters. The lowest BCUT2D eigenvalue weighted by Crippen LogP contribution is -2.26. The van der Waals surface area contributed by atoms with Gasteiger partial charge >= 0.3 is 0 Å². The Labute approximate surface area is 137 Å². The van der Waals surface area contributed by atoms with Gasteiger partial charge in [-0.15, -0.1) is 0 Å². The van der Waals surface area contributed by atoms with Gasteiger partial charge in [-0.1, -0.05) is 34.1 Å². The molecule has 0 aliphatic carbocycles. The lowest BCUT2D eigenvalue weighted by Gasteiger charge is -2.15. The summed E-state index contributed by atoms with van der Waals surface area (Å²) in [5.41, 5.74) is 1.18. The molecule has 0 aliphatic rings. The summed E-state index contributed by atoms with van der Waals surface area (Å²) in [6.45, 7) is 1.78. The minimum Gasteiger partial charge on any atom is -0.346 e. The summed E-state index contributed by atoms with van der Waals surface area (Å²) in [4.78, 5) is 12.2. The number of halogens is 1. The van der Waals surface area contributed by atoms with Gasteiger partial charge in [0.15, 0.2) is 0 Å². The molecule has 5 nitrogen and oxygen atoms in total. The number of hydrogen-bond acceptors (Lipinski definition) is 3. The maximum atomic E-state index is 12.2. The first-order valence-electron chi connectivity index (χ1n) is 6.46. The van der Waals surface area contributed by atoms with Gasteiger partial charge in [0.25, 0.3) is 5.91 Å². The van der Waals surface area contributed by atoms with Crippen LogP contribution in [0.15, 0.2) is 57.9 Å². The van der Waals surface area contributed by atoms with E-state index in [-0.39, 0.29) is 16.8 Å². The van der Waals surface area contributed by atoms with Gasteiger partial charge < -0.3 is 5.32 Å². The molecule has 2 rings (SSSR count). The van der Waals surface area contributed by atoms with E-state index in [0.717, 1.165) is 4.47 Å². The van der Waals surface area contributed by atoms with Gasteiger partial charge in [0.05, 0.1) is 10.9 Å². The average Bonchev–Trinajstić information content (AvgIpc) is 2.46. The molecule has 1 amide bonds. The van der Waals surface area contributed by atoms with E-state index in [2.05, 4.69) is 21.2 Å². The first-order valence-corrected chi connectivity index (χ1v) is 8.80. The molecule has 7 heteroatoms. The summed E-state index contributed by atoms with van der Waals surface area (Å²) >= 11 is 3.31. The maximum absolute atomic E-state index is 12.2. The van der Waals surface area contributed by atoms with E-state index < -0.39 is 10.0 Å². The Kier molecular flexibility index (Phi) is 5.00. The summed E-state index contributed by atoms with van der Waals surface area (Å²) in [5.74, 6) is -0.241. The quantitative estimate of drug-likeness (QED) is 0.851. The Morgan fingerprint density at radius 1 is 1.18 bits per heavy atom. The largest absolute Gasteiger partial charge is 0.346 e. The maximum Gasteiger partial charge on any atom is 0.251 e. The van der Waals surface area contributed by atoms with Crippen LogP contribution in [0.5, 0.6) is 0 Å². The van der Waals surface area contributed by atoms with Gasteiger partial charge in [-0.25, -0.2) is 13.6 Å². The monoisotopic (exact) mass is 382 g/mol. The topological polar surface area (TPSA) is 89.3 Å². The van der Waals surface area contributed by atoms with E-state index in [0.29, 0.717) is 11.1 Å². The van der Waals surface area contributed by atoms with Crippen LogP contribution in [0.4, 0.5) is 0 Å². The number of benzene rings is 2. The number of sulfonamides is 1. The molecule has 0 spiro atoms. The zero-order chi connectivity index (χ0) is 16.3. The van der Waals surface area contributed by atoms with E-state index in [4.69, 9.17) is 5.14 Å².